The fourth-order valence-electron chi connectivity index (χ4n) is 3.77. The molecular formula is C29H33N5O2S2. The first-order valence-electron chi connectivity index (χ1n) is 12.4. The number of benzene rings is 2. The van der Waals surface area contributed by atoms with Gasteiger partial charge in [0.05, 0.1) is 11.4 Å². The maximum Gasteiger partial charge on any atom is 0.236 e. The van der Waals surface area contributed by atoms with Gasteiger partial charge in [-0.1, -0.05) is 80.6 Å². The number of hydrogen-bond donors (Lipinski definition) is 1. The zero-order chi connectivity index (χ0) is 27.3. The van der Waals surface area contributed by atoms with Gasteiger partial charge in [-0.25, -0.2) is 4.98 Å². The van der Waals surface area contributed by atoms with Crippen LogP contribution in [0.5, 0.6) is 5.75 Å². The highest BCUT2D eigenvalue weighted by molar-refractivity contribution is 7.99. The summed E-state index contributed by atoms with van der Waals surface area (Å²) in [4.78, 5) is 17.2. The first kappa shape index (κ1) is 27.6. The van der Waals surface area contributed by atoms with Crippen molar-refractivity contribution in [1.29, 1.82) is 0 Å². The number of amides is 1. The van der Waals surface area contributed by atoms with E-state index in [1.54, 1.807) is 6.08 Å². The summed E-state index contributed by atoms with van der Waals surface area (Å²) < 4.78 is 8.09. The molecule has 1 N–H and O–H groups in total. The predicted octanol–water partition coefficient (Wildman–Crippen LogP) is 7.06. The third-order valence-electron chi connectivity index (χ3n) is 5.88. The van der Waals surface area contributed by atoms with Gasteiger partial charge in [-0.3, -0.25) is 9.36 Å². The van der Waals surface area contributed by atoms with Crippen molar-refractivity contribution in [2.75, 3.05) is 11.1 Å². The van der Waals surface area contributed by atoms with Gasteiger partial charge in [-0.05, 0) is 37.0 Å². The molecule has 0 aliphatic carbocycles. The van der Waals surface area contributed by atoms with E-state index in [1.807, 2.05) is 60.2 Å². The molecule has 0 saturated carbocycles. The molecule has 0 radical (unpaired) electrons. The highest BCUT2D eigenvalue weighted by Crippen LogP contribution is 2.29. The zero-order valence-corrected chi connectivity index (χ0v) is 24.0. The molecule has 4 aromatic rings. The smallest absolute Gasteiger partial charge is 0.236 e. The molecule has 9 heteroatoms. The van der Waals surface area contributed by atoms with Crippen molar-refractivity contribution in [3.63, 3.8) is 0 Å². The molecule has 1 amide bonds. The Labute approximate surface area is 232 Å². The standard InChI is InChI=1S/C29H33N5O2S2/c1-7-16-34-26(20(3)36-23-14-12-22(13-15-23)29(4,5)6)32-33-28(34)38-18-25(35)31-27-30-24(17-37-27)21-10-8-19(2)9-11-21/h7-15,17,20H,1,16,18H2,2-6H3,(H,30,31,35). The minimum Gasteiger partial charge on any atom is -0.483 e. The van der Waals surface area contributed by atoms with Gasteiger partial charge in [0.2, 0.25) is 5.91 Å². The number of nitrogens with one attached hydrogen (secondary N) is 1. The highest BCUT2D eigenvalue weighted by Gasteiger charge is 2.21. The van der Waals surface area contributed by atoms with Gasteiger partial charge in [0, 0.05) is 17.5 Å². The molecule has 38 heavy (non-hydrogen) atoms. The summed E-state index contributed by atoms with van der Waals surface area (Å²) in [6.07, 6.45) is 1.45. The summed E-state index contributed by atoms with van der Waals surface area (Å²) in [5.41, 5.74) is 4.38. The van der Waals surface area contributed by atoms with Crippen LogP contribution in [0.2, 0.25) is 0 Å². The minimum absolute atomic E-state index is 0.0790. The average molecular weight is 548 g/mol. The summed E-state index contributed by atoms with van der Waals surface area (Å²) >= 11 is 2.72. The Morgan fingerprint density at radius 2 is 1.87 bits per heavy atom. The Kier molecular flexibility index (Phi) is 8.69. The number of allylic oxidation sites excluding steroid dienone is 1. The summed E-state index contributed by atoms with van der Waals surface area (Å²) in [5, 5.41) is 14.7. The predicted molar refractivity (Wildman–Crippen MR) is 156 cm³/mol. The minimum atomic E-state index is -0.332. The fraction of sp³-hybridized carbons (Fsp3) is 0.310. The van der Waals surface area contributed by atoms with E-state index in [9.17, 15) is 4.79 Å². The van der Waals surface area contributed by atoms with Crippen LogP contribution in [-0.2, 0) is 16.8 Å². The number of hydrogen-bond acceptors (Lipinski definition) is 7. The number of carbonyl (C=O) groups is 1. The van der Waals surface area contributed by atoms with E-state index >= 15 is 0 Å². The van der Waals surface area contributed by atoms with Crippen molar-refractivity contribution in [2.24, 2.45) is 0 Å². The van der Waals surface area contributed by atoms with Crippen LogP contribution in [0.15, 0.2) is 71.7 Å². The number of rotatable bonds is 10. The number of thioether (sulfide) groups is 1. The van der Waals surface area contributed by atoms with Crippen LogP contribution >= 0.6 is 23.1 Å². The molecule has 2 aromatic carbocycles. The summed E-state index contributed by atoms with van der Waals surface area (Å²) in [7, 11) is 0. The van der Waals surface area contributed by atoms with Crippen LogP contribution in [-0.4, -0.2) is 31.4 Å². The van der Waals surface area contributed by atoms with Gasteiger partial charge >= 0.3 is 0 Å². The zero-order valence-electron chi connectivity index (χ0n) is 22.4. The van der Waals surface area contributed by atoms with Crippen LogP contribution in [0.1, 0.15) is 50.8 Å². The Balaban J connectivity index is 1.37. The lowest BCUT2D eigenvalue weighted by molar-refractivity contribution is -0.113. The fourth-order valence-corrected chi connectivity index (χ4v) is 5.26. The normalized spacial score (nSPS) is 12.2. The van der Waals surface area contributed by atoms with Gasteiger partial charge in [-0.2, -0.15) is 0 Å². The molecule has 2 aromatic heterocycles. The Bertz CT molecular complexity index is 1390. The van der Waals surface area contributed by atoms with Gasteiger partial charge < -0.3 is 10.1 Å². The van der Waals surface area contributed by atoms with Crippen molar-refractivity contribution in [3.8, 4) is 17.0 Å². The molecule has 7 nitrogen and oxygen atoms in total. The maximum absolute atomic E-state index is 12.7. The molecular weight excluding hydrogens is 514 g/mol. The second kappa shape index (κ2) is 12.0. The Morgan fingerprint density at radius 3 is 2.53 bits per heavy atom. The number of aryl methyl sites for hydroxylation is 1. The van der Waals surface area contributed by atoms with Crippen molar-refractivity contribution in [2.45, 2.75) is 57.8 Å². The Hall–Kier alpha value is -3.43. The number of ether oxygens (including phenoxy) is 1. The van der Waals surface area contributed by atoms with Crippen molar-refractivity contribution in [3.05, 3.63) is 83.5 Å². The molecule has 0 spiro atoms. The molecule has 0 bridgehead atoms. The summed E-state index contributed by atoms with van der Waals surface area (Å²) in [6, 6.07) is 16.3. The van der Waals surface area contributed by atoms with E-state index in [2.05, 4.69) is 60.0 Å². The summed E-state index contributed by atoms with van der Waals surface area (Å²) in [6.45, 7) is 14.9. The topological polar surface area (TPSA) is 81.9 Å². The quantitative estimate of drug-likeness (QED) is 0.169. The van der Waals surface area contributed by atoms with E-state index in [-0.39, 0.29) is 23.2 Å². The van der Waals surface area contributed by atoms with Crippen molar-refractivity contribution < 1.29 is 9.53 Å². The van der Waals surface area contributed by atoms with Crippen LogP contribution in [0.25, 0.3) is 11.3 Å². The van der Waals surface area contributed by atoms with Crippen LogP contribution in [0, 0.1) is 6.92 Å². The number of carbonyl (C=O) groups excluding carboxylic acids is 1. The average Bonchev–Trinajstić information content (AvgIpc) is 3.50. The van der Waals surface area contributed by atoms with Gasteiger partial charge in [0.25, 0.3) is 0 Å². The first-order chi connectivity index (χ1) is 18.1. The molecule has 4 rings (SSSR count). The van der Waals surface area contributed by atoms with Crippen LogP contribution in [0.3, 0.4) is 0 Å². The number of anilines is 1. The first-order valence-corrected chi connectivity index (χ1v) is 14.3. The SMILES string of the molecule is C=CCn1c(SCC(=O)Nc2nc(-c3ccc(C)cc3)cs2)nnc1C(C)Oc1ccc(C(C)(C)C)cc1. The van der Waals surface area contributed by atoms with E-state index in [0.717, 1.165) is 17.0 Å². The number of aromatic nitrogens is 4. The van der Waals surface area contributed by atoms with E-state index in [4.69, 9.17) is 4.74 Å². The van der Waals surface area contributed by atoms with E-state index < -0.39 is 0 Å². The molecule has 198 valence electrons. The van der Waals surface area contributed by atoms with Crippen LogP contribution < -0.4 is 10.1 Å². The lowest BCUT2D eigenvalue weighted by atomic mass is 9.87. The van der Waals surface area contributed by atoms with Crippen molar-refractivity contribution >= 4 is 34.1 Å². The van der Waals surface area contributed by atoms with Gasteiger partial charge in [0.15, 0.2) is 22.2 Å². The number of nitrogens with zero attached hydrogens (tertiary/aromatic N) is 4. The van der Waals surface area contributed by atoms with Crippen molar-refractivity contribution in [1.82, 2.24) is 19.7 Å². The molecule has 2 heterocycles. The van der Waals surface area contributed by atoms with Gasteiger partial charge in [0.1, 0.15) is 5.75 Å². The van der Waals surface area contributed by atoms with E-state index in [0.29, 0.717) is 22.7 Å². The molecule has 0 fully saturated rings. The molecule has 0 aliphatic heterocycles. The number of thiazole rings is 1. The molecule has 0 aliphatic rings. The monoisotopic (exact) mass is 547 g/mol. The second-order valence-electron chi connectivity index (χ2n) is 10.0. The third-order valence-corrected chi connectivity index (χ3v) is 7.61. The second-order valence-corrected chi connectivity index (χ2v) is 11.8. The van der Waals surface area contributed by atoms with Crippen LogP contribution in [0.4, 0.5) is 5.13 Å². The lowest BCUT2D eigenvalue weighted by Gasteiger charge is -2.20. The van der Waals surface area contributed by atoms with Gasteiger partial charge in [-0.15, -0.1) is 28.1 Å². The molecule has 0 saturated heterocycles. The molecule has 1 atom stereocenters. The summed E-state index contributed by atoms with van der Waals surface area (Å²) in [5.74, 6) is 1.46. The largest absolute Gasteiger partial charge is 0.483 e. The van der Waals surface area contributed by atoms with E-state index in [1.165, 1.54) is 34.2 Å². The maximum atomic E-state index is 12.7. The molecule has 1 unspecified atom stereocenters. The Morgan fingerprint density at radius 1 is 1.16 bits per heavy atom. The highest BCUT2D eigenvalue weighted by atomic mass is 32.2. The third kappa shape index (κ3) is 6.90. The lowest BCUT2D eigenvalue weighted by Crippen LogP contribution is -2.15.